The summed E-state index contributed by atoms with van der Waals surface area (Å²) in [7, 11) is -10.8. The predicted molar refractivity (Wildman–Crippen MR) is 241 cm³/mol. The molecule has 0 saturated heterocycles. The zero-order chi connectivity index (χ0) is 43.2. The molecule has 0 spiro atoms. The lowest BCUT2D eigenvalue weighted by Crippen LogP contribution is -2.64. The average Bonchev–Trinajstić information content (AvgIpc) is 3.17. The number of terminal acetylenes is 1. The van der Waals surface area contributed by atoms with Crippen LogP contribution in [-0.4, -0.2) is 103 Å². The molecule has 1 rings (SSSR count). The highest BCUT2D eigenvalue weighted by Crippen LogP contribution is 2.49. The second-order valence-electron chi connectivity index (χ2n) is 12.7. The largest absolute Gasteiger partial charge is 0.472 e. The SMILES string of the molecule is C#CC#CC#CC#CC#CC#CC#CC(=O)OC[C@H](COP(=O)(O)OC1C(O)[C@@H](OP(=O)(O)O)C(O)[C@@H](O)[C@H]1O)OC(=O)CCCCCCCCCCCCCCC.N.[HH].[HH].[HH].[HH].[HH].[HH].[HH].[HH].[HH].[HH].[HH].[HH].[HH]. The van der Waals surface area contributed by atoms with E-state index in [1.165, 1.54) is 44.9 Å². The molecule has 17 nitrogen and oxygen atoms in total. The van der Waals surface area contributed by atoms with Gasteiger partial charge in [0.1, 0.15) is 43.2 Å². The molecular weight excluding hydrogens is 812 g/mol. The summed E-state index contributed by atoms with van der Waals surface area (Å²) in [5, 5.41) is 40.9. The van der Waals surface area contributed by atoms with Crippen LogP contribution in [0.2, 0.25) is 0 Å². The van der Waals surface area contributed by atoms with Crippen molar-refractivity contribution >= 4 is 27.6 Å². The normalized spacial score (nSPS) is 20.5. The Balaban J connectivity index is -0.000000200. The third-order valence-corrected chi connectivity index (χ3v) is 9.53. The van der Waals surface area contributed by atoms with Gasteiger partial charge < -0.3 is 50.7 Å². The predicted octanol–water partition coefficient (Wildman–Crippen LogP) is 5.37. The maximum Gasteiger partial charge on any atom is 0.472 e. The van der Waals surface area contributed by atoms with Crippen LogP contribution in [0.4, 0.5) is 0 Å². The molecule has 1 aliphatic carbocycles. The summed E-state index contributed by atoms with van der Waals surface area (Å²) in [6, 6.07) is 0. The Morgan fingerprint density at radius 3 is 1.54 bits per heavy atom. The number of unbranched alkanes of at least 4 members (excludes halogenated alkanes) is 12. The average molecular weight is 892 g/mol. The van der Waals surface area contributed by atoms with Crippen molar-refractivity contribution in [2.75, 3.05) is 13.2 Å². The first-order valence-electron chi connectivity index (χ1n) is 18.6. The second kappa shape index (κ2) is 31.8. The molecule has 0 radical (unpaired) electrons. The molecule has 0 aromatic rings. The third kappa shape index (κ3) is 26.6. The van der Waals surface area contributed by atoms with E-state index in [1.54, 1.807) is 0 Å². The van der Waals surface area contributed by atoms with Gasteiger partial charge in [0, 0.05) is 30.9 Å². The molecule has 350 valence electrons. The first-order chi connectivity index (χ1) is 27.6. The lowest BCUT2D eigenvalue weighted by Gasteiger charge is -2.43. The fourth-order valence-corrected chi connectivity index (χ4v) is 6.74. The number of aliphatic hydroxyl groups excluding tert-OH is 4. The zero-order valence-corrected chi connectivity index (χ0v) is 34.6. The summed E-state index contributed by atoms with van der Waals surface area (Å²) < 4.78 is 48.4. The number of phosphoric ester groups is 2. The fourth-order valence-electron chi connectivity index (χ4n) is 5.20. The maximum atomic E-state index is 12.9. The van der Waals surface area contributed by atoms with E-state index in [1.807, 2.05) is 5.92 Å². The third-order valence-electron chi connectivity index (χ3n) is 8.03. The second-order valence-corrected chi connectivity index (χ2v) is 15.3. The van der Waals surface area contributed by atoms with Crippen LogP contribution in [0.15, 0.2) is 0 Å². The van der Waals surface area contributed by atoms with Gasteiger partial charge in [0.15, 0.2) is 6.10 Å². The molecule has 0 bridgehead atoms. The number of carbonyl (C=O) groups is 2. The van der Waals surface area contributed by atoms with Crippen molar-refractivity contribution in [3.05, 3.63) is 0 Å². The monoisotopic (exact) mass is 891 g/mol. The van der Waals surface area contributed by atoms with Gasteiger partial charge in [-0.2, -0.15) is 0 Å². The van der Waals surface area contributed by atoms with Crippen LogP contribution in [-0.2, 0) is 41.8 Å². The van der Waals surface area contributed by atoms with Gasteiger partial charge in [0.25, 0.3) is 0 Å². The number of rotatable bonds is 24. The van der Waals surface area contributed by atoms with Crippen molar-refractivity contribution in [1.29, 1.82) is 0 Å². The molecule has 0 amide bonds. The van der Waals surface area contributed by atoms with Crippen molar-refractivity contribution < 1.29 is 95.4 Å². The Labute approximate surface area is 365 Å². The summed E-state index contributed by atoms with van der Waals surface area (Å²) in [4.78, 5) is 53.5. The Hall–Kier alpha value is -4.12. The van der Waals surface area contributed by atoms with Gasteiger partial charge >= 0.3 is 27.6 Å². The van der Waals surface area contributed by atoms with Gasteiger partial charge in [-0.05, 0) is 77.5 Å². The van der Waals surface area contributed by atoms with Crippen LogP contribution in [0.1, 0.15) is 115 Å². The Morgan fingerprint density at radius 2 is 1.07 bits per heavy atom. The van der Waals surface area contributed by atoms with Gasteiger partial charge in [0.2, 0.25) is 0 Å². The van der Waals surface area contributed by atoms with E-state index in [9.17, 15) is 44.0 Å². The molecule has 10 N–H and O–H groups in total. The lowest BCUT2D eigenvalue weighted by molar-refractivity contribution is -0.216. The minimum Gasteiger partial charge on any atom is -0.456 e. The highest BCUT2D eigenvalue weighted by atomic mass is 31.2. The summed E-state index contributed by atoms with van der Waals surface area (Å²) in [5.41, 5.74) is 0. The number of ether oxygens (including phenoxy) is 2. The molecule has 0 aliphatic heterocycles. The van der Waals surface area contributed by atoms with E-state index in [4.69, 9.17) is 34.7 Å². The highest BCUT2D eigenvalue weighted by molar-refractivity contribution is 7.47. The Bertz CT molecular complexity index is 1890. The first-order valence-corrected chi connectivity index (χ1v) is 21.6. The fraction of sp³-hybridized carbons (Fsp3) is 0.600. The standard InChI is InChI=1S/C40H50O16P2.H3N.13H2/c1-3-5-7-9-11-13-15-17-19-21-23-25-27-29-34(42)54-32(30-52-33(41)28-26-24-22-20-18-16-14-12-10-8-6-4-2)31-53-58(50,51)56-40-37(45)35(43)36(44)39(38(40)46)55-57(47,48)49;;;;;;;;;;;;;;/h2,32,35-40,43-46H,3,5,7,9,11,13,15,17,19,21,23,25,27,29-31H2,1H3,(H,50,51)(H2,47,48,49);1H3;13*1H/t32-,35-,36?,37-,38?,39+,40?;;;;;;;;;;;;;;/m1............../s1. The summed E-state index contributed by atoms with van der Waals surface area (Å²) in [6.45, 7) is 0.506. The molecular formula is C40H79NO16P2. The van der Waals surface area contributed by atoms with Gasteiger partial charge in [-0.1, -0.05) is 84.0 Å². The van der Waals surface area contributed by atoms with E-state index in [2.05, 4.69) is 82.5 Å². The molecule has 59 heavy (non-hydrogen) atoms. The van der Waals surface area contributed by atoms with Gasteiger partial charge in [-0.25, -0.2) is 13.9 Å². The minimum absolute atomic E-state index is 0. The summed E-state index contributed by atoms with van der Waals surface area (Å²) >= 11 is 0. The highest BCUT2D eigenvalue weighted by Gasteiger charge is 2.54. The molecule has 0 aromatic carbocycles. The quantitative estimate of drug-likeness (QED) is 0.0199. The number of esters is 2. The molecule has 1 aliphatic rings. The van der Waals surface area contributed by atoms with E-state index in [-0.39, 0.29) is 31.1 Å². The van der Waals surface area contributed by atoms with Crippen LogP contribution >= 0.6 is 15.6 Å². The van der Waals surface area contributed by atoms with E-state index in [0.29, 0.717) is 6.42 Å². The zero-order valence-electron chi connectivity index (χ0n) is 32.8. The van der Waals surface area contributed by atoms with Gasteiger partial charge in [0.05, 0.1) is 6.61 Å². The molecule has 1 fully saturated rings. The Kier molecular flexibility index (Phi) is 29.5. The molecule has 1 saturated carbocycles. The van der Waals surface area contributed by atoms with E-state index < -0.39 is 83.5 Å². The summed E-state index contributed by atoms with van der Waals surface area (Å²) in [5.74, 6) is 27.9. The summed E-state index contributed by atoms with van der Waals surface area (Å²) in [6.07, 6.45) is 3.80. The minimum atomic E-state index is -5.39. The lowest BCUT2D eigenvalue weighted by atomic mass is 9.85. The molecule has 0 aromatic heterocycles. The number of phosphoric acid groups is 2. The number of hydrogen-bond donors (Lipinski definition) is 8. The van der Waals surface area contributed by atoms with Crippen molar-refractivity contribution in [1.82, 2.24) is 6.15 Å². The van der Waals surface area contributed by atoms with Crippen molar-refractivity contribution in [2.24, 2.45) is 0 Å². The molecule has 0 heterocycles. The number of aliphatic hydroxyl groups is 4. The van der Waals surface area contributed by atoms with Gasteiger partial charge in [-0.3, -0.25) is 18.4 Å². The number of hydrogen-bond acceptors (Lipinski definition) is 14. The van der Waals surface area contributed by atoms with Crippen LogP contribution in [0.3, 0.4) is 0 Å². The molecule has 8 atom stereocenters. The Morgan fingerprint density at radius 1 is 0.627 bits per heavy atom. The first kappa shape index (κ1) is 54.9. The number of carbonyl (C=O) groups excluding carboxylic acids is 2. The van der Waals surface area contributed by atoms with Crippen LogP contribution < -0.4 is 6.15 Å². The maximum absolute atomic E-state index is 12.9. The van der Waals surface area contributed by atoms with Crippen LogP contribution in [0, 0.1) is 83.4 Å². The molecule has 19 heteroatoms. The van der Waals surface area contributed by atoms with Crippen molar-refractivity contribution in [2.45, 2.75) is 140 Å². The van der Waals surface area contributed by atoms with Gasteiger partial charge in [-0.15, -0.1) is 6.42 Å². The van der Waals surface area contributed by atoms with E-state index >= 15 is 0 Å². The van der Waals surface area contributed by atoms with Crippen LogP contribution in [0.25, 0.3) is 0 Å². The van der Waals surface area contributed by atoms with Crippen molar-refractivity contribution in [3.63, 3.8) is 0 Å². The molecule has 4 unspecified atom stereocenters. The smallest absolute Gasteiger partial charge is 0.456 e. The van der Waals surface area contributed by atoms with Crippen molar-refractivity contribution in [3.8, 4) is 83.4 Å². The van der Waals surface area contributed by atoms with Crippen LogP contribution in [0.5, 0.6) is 0 Å². The van der Waals surface area contributed by atoms with E-state index in [0.717, 1.165) is 32.1 Å². The topological polar surface area (TPSA) is 291 Å².